The molecule has 0 saturated heterocycles. The van der Waals surface area contributed by atoms with Gasteiger partial charge in [0.05, 0.1) is 28.8 Å². The van der Waals surface area contributed by atoms with E-state index in [4.69, 9.17) is 12.2 Å². The van der Waals surface area contributed by atoms with Crippen molar-refractivity contribution in [3.63, 3.8) is 0 Å². The molecule has 0 fully saturated rings. The number of imidazole rings is 1. The maximum Gasteiger partial charge on any atom is 0.178 e. The molecule has 6 heteroatoms. The standard InChI is InChI=1S/C11H8IN3S2/c12-7-1-2-10-9(3-7)14-11(16)15(10)4-8-5-17-6-13-8/h1-3,5-6H,4H2,(H,14,16). The Morgan fingerprint density at radius 1 is 1.47 bits per heavy atom. The van der Waals surface area contributed by atoms with Crippen LogP contribution in [0.25, 0.3) is 11.0 Å². The molecule has 17 heavy (non-hydrogen) atoms. The van der Waals surface area contributed by atoms with E-state index in [-0.39, 0.29) is 0 Å². The van der Waals surface area contributed by atoms with Gasteiger partial charge in [-0.25, -0.2) is 4.98 Å². The van der Waals surface area contributed by atoms with E-state index >= 15 is 0 Å². The second kappa shape index (κ2) is 4.51. The molecule has 2 aromatic heterocycles. The zero-order valence-electron chi connectivity index (χ0n) is 8.68. The van der Waals surface area contributed by atoms with Crippen molar-refractivity contribution in [1.82, 2.24) is 14.5 Å². The van der Waals surface area contributed by atoms with E-state index in [0.29, 0.717) is 0 Å². The van der Waals surface area contributed by atoms with Gasteiger partial charge in [0, 0.05) is 8.95 Å². The van der Waals surface area contributed by atoms with Crippen LogP contribution in [0, 0.1) is 8.34 Å². The summed E-state index contributed by atoms with van der Waals surface area (Å²) >= 11 is 9.25. The fourth-order valence-corrected chi connectivity index (χ4v) is 3.08. The highest BCUT2D eigenvalue weighted by Crippen LogP contribution is 2.18. The van der Waals surface area contributed by atoms with Gasteiger partial charge in [-0.05, 0) is 53.0 Å². The van der Waals surface area contributed by atoms with E-state index in [2.05, 4.69) is 55.3 Å². The number of thiazole rings is 1. The molecule has 1 N–H and O–H groups in total. The summed E-state index contributed by atoms with van der Waals surface area (Å²) in [6, 6.07) is 6.28. The minimum Gasteiger partial charge on any atom is -0.331 e. The largest absolute Gasteiger partial charge is 0.331 e. The van der Waals surface area contributed by atoms with Gasteiger partial charge in [-0.1, -0.05) is 0 Å². The fourth-order valence-electron chi connectivity index (χ4n) is 1.77. The van der Waals surface area contributed by atoms with Crippen molar-refractivity contribution < 1.29 is 0 Å². The Balaban J connectivity index is 2.16. The van der Waals surface area contributed by atoms with Crippen molar-refractivity contribution in [1.29, 1.82) is 0 Å². The van der Waals surface area contributed by atoms with Crippen LogP contribution in [0.15, 0.2) is 29.1 Å². The summed E-state index contributed by atoms with van der Waals surface area (Å²) in [6.07, 6.45) is 0. The normalized spacial score (nSPS) is 11.1. The number of hydrogen-bond acceptors (Lipinski definition) is 3. The van der Waals surface area contributed by atoms with Crippen LogP contribution in [0.3, 0.4) is 0 Å². The lowest BCUT2D eigenvalue weighted by Gasteiger charge is -2.01. The summed E-state index contributed by atoms with van der Waals surface area (Å²) < 4.78 is 4.03. The van der Waals surface area contributed by atoms with Crippen molar-refractivity contribution in [2.45, 2.75) is 6.54 Å². The lowest BCUT2D eigenvalue weighted by Crippen LogP contribution is -1.99. The van der Waals surface area contributed by atoms with Crippen LogP contribution < -0.4 is 0 Å². The maximum absolute atomic E-state index is 5.35. The first-order valence-corrected chi connectivity index (χ1v) is 7.42. The lowest BCUT2D eigenvalue weighted by atomic mass is 10.3. The Morgan fingerprint density at radius 3 is 3.12 bits per heavy atom. The number of H-pyrrole nitrogens is 1. The summed E-state index contributed by atoms with van der Waals surface area (Å²) in [5.41, 5.74) is 5.10. The first-order valence-electron chi connectivity index (χ1n) is 4.99. The van der Waals surface area contributed by atoms with Gasteiger partial charge < -0.3 is 9.55 Å². The number of nitrogens with one attached hydrogen (secondary N) is 1. The summed E-state index contributed by atoms with van der Waals surface area (Å²) in [6.45, 7) is 0.725. The number of halogens is 1. The molecule has 3 aromatic rings. The van der Waals surface area contributed by atoms with Gasteiger partial charge in [0.1, 0.15) is 0 Å². The molecule has 86 valence electrons. The number of benzene rings is 1. The van der Waals surface area contributed by atoms with Gasteiger partial charge in [-0.2, -0.15) is 0 Å². The van der Waals surface area contributed by atoms with Crippen molar-refractivity contribution in [2.75, 3.05) is 0 Å². The number of nitrogens with zero attached hydrogens (tertiary/aromatic N) is 2. The highest BCUT2D eigenvalue weighted by atomic mass is 127. The molecule has 0 unspecified atom stereocenters. The van der Waals surface area contributed by atoms with Crippen molar-refractivity contribution in [3.05, 3.63) is 43.1 Å². The Bertz CT molecular complexity index is 712. The topological polar surface area (TPSA) is 33.6 Å². The zero-order chi connectivity index (χ0) is 11.8. The fraction of sp³-hybridized carbons (Fsp3) is 0.0909. The first-order chi connectivity index (χ1) is 8.24. The molecule has 2 heterocycles. The molecule has 0 saturated carbocycles. The third-order valence-electron chi connectivity index (χ3n) is 2.54. The lowest BCUT2D eigenvalue weighted by molar-refractivity contribution is 0.791. The summed E-state index contributed by atoms with van der Waals surface area (Å²) in [5.74, 6) is 0. The molecule has 0 bridgehead atoms. The molecule has 0 amide bonds. The Kier molecular flexibility index (Phi) is 3.01. The molecule has 0 aliphatic heterocycles. The van der Waals surface area contributed by atoms with Crippen LogP contribution >= 0.6 is 46.1 Å². The molecule has 0 aliphatic carbocycles. The quantitative estimate of drug-likeness (QED) is 0.548. The predicted octanol–water partition coefficient (Wildman–Crippen LogP) is 3.81. The summed E-state index contributed by atoms with van der Waals surface area (Å²) in [7, 11) is 0. The Morgan fingerprint density at radius 2 is 2.35 bits per heavy atom. The van der Waals surface area contributed by atoms with E-state index in [0.717, 1.165) is 28.0 Å². The monoisotopic (exact) mass is 373 g/mol. The second-order valence-electron chi connectivity index (χ2n) is 3.66. The molecule has 3 rings (SSSR count). The number of rotatable bonds is 2. The number of hydrogen-bond donors (Lipinski definition) is 1. The Hall–Kier alpha value is -0.730. The van der Waals surface area contributed by atoms with Crippen molar-refractivity contribution in [3.8, 4) is 0 Å². The molecular weight excluding hydrogens is 365 g/mol. The van der Waals surface area contributed by atoms with Gasteiger partial charge in [0.15, 0.2) is 4.77 Å². The third kappa shape index (κ3) is 2.16. The van der Waals surface area contributed by atoms with Crippen molar-refractivity contribution >= 4 is 57.2 Å². The van der Waals surface area contributed by atoms with E-state index < -0.39 is 0 Å². The van der Waals surface area contributed by atoms with Gasteiger partial charge in [-0.15, -0.1) is 11.3 Å². The number of aromatic amines is 1. The van der Waals surface area contributed by atoms with Crippen LogP contribution in [0.5, 0.6) is 0 Å². The maximum atomic E-state index is 5.35. The highest BCUT2D eigenvalue weighted by molar-refractivity contribution is 14.1. The van der Waals surface area contributed by atoms with Crippen LogP contribution in [-0.2, 0) is 6.54 Å². The zero-order valence-corrected chi connectivity index (χ0v) is 12.5. The minimum absolute atomic E-state index is 0.725. The average Bonchev–Trinajstić information content (AvgIpc) is 2.88. The van der Waals surface area contributed by atoms with Gasteiger partial charge in [-0.3, -0.25) is 0 Å². The van der Waals surface area contributed by atoms with Gasteiger partial charge in [0.25, 0.3) is 0 Å². The average molecular weight is 373 g/mol. The summed E-state index contributed by atoms with van der Waals surface area (Å²) in [5, 5.41) is 2.05. The molecule has 0 aliphatic rings. The SMILES string of the molecule is S=c1[nH]c2cc(I)ccc2n1Cc1cscn1. The number of aromatic nitrogens is 3. The van der Waals surface area contributed by atoms with E-state index in [9.17, 15) is 0 Å². The van der Waals surface area contributed by atoms with Crippen LogP contribution in [-0.4, -0.2) is 14.5 Å². The molecule has 3 nitrogen and oxygen atoms in total. The second-order valence-corrected chi connectivity index (χ2v) is 6.01. The first kappa shape index (κ1) is 11.4. The smallest absolute Gasteiger partial charge is 0.178 e. The molecule has 0 atom stereocenters. The molecule has 0 radical (unpaired) electrons. The van der Waals surface area contributed by atoms with E-state index in [1.165, 1.54) is 3.57 Å². The van der Waals surface area contributed by atoms with Crippen LogP contribution in [0.4, 0.5) is 0 Å². The van der Waals surface area contributed by atoms with Gasteiger partial charge >= 0.3 is 0 Å². The van der Waals surface area contributed by atoms with Crippen LogP contribution in [0.1, 0.15) is 5.69 Å². The summed E-state index contributed by atoms with van der Waals surface area (Å²) in [4.78, 5) is 7.52. The minimum atomic E-state index is 0.725. The number of fused-ring (bicyclic) bond motifs is 1. The molecular formula is C11H8IN3S2. The predicted molar refractivity (Wildman–Crippen MR) is 81.1 cm³/mol. The highest BCUT2D eigenvalue weighted by Gasteiger charge is 2.06. The van der Waals surface area contributed by atoms with Crippen molar-refractivity contribution in [2.24, 2.45) is 0 Å². The van der Waals surface area contributed by atoms with Gasteiger partial charge in [0.2, 0.25) is 0 Å². The third-order valence-corrected chi connectivity index (χ3v) is 4.17. The van der Waals surface area contributed by atoms with E-state index in [1.54, 1.807) is 11.3 Å². The Labute approximate surface area is 121 Å². The molecule has 0 spiro atoms. The van der Waals surface area contributed by atoms with Crippen LogP contribution in [0.2, 0.25) is 0 Å². The molecule has 1 aromatic carbocycles. The van der Waals surface area contributed by atoms with E-state index in [1.807, 2.05) is 10.9 Å².